The Hall–Kier alpha value is -2.60. The molecule has 1 atom stereocenters. The van der Waals surface area contributed by atoms with Gasteiger partial charge in [-0.2, -0.15) is 0 Å². The molecule has 0 bridgehead atoms. The van der Waals surface area contributed by atoms with Crippen molar-refractivity contribution >= 4 is 16.9 Å². The van der Waals surface area contributed by atoms with E-state index in [9.17, 15) is 9.90 Å². The van der Waals surface area contributed by atoms with Gasteiger partial charge >= 0.3 is 0 Å². The number of aliphatic hydroxyl groups is 1. The second kappa shape index (κ2) is 6.13. The van der Waals surface area contributed by atoms with Crippen LogP contribution < -0.4 is 5.32 Å². The van der Waals surface area contributed by atoms with Gasteiger partial charge in [0.15, 0.2) is 5.69 Å². The second-order valence-corrected chi connectivity index (χ2v) is 6.14. The number of benzene rings is 1. The molecule has 2 N–H and O–H groups in total. The van der Waals surface area contributed by atoms with Crippen molar-refractivity contribution in [2.24, 2.45) is 0 Å². The molecule has 0 unspecified atom stereocenters. The topological polar surface area (TPSA) is 88.5 Å². The van der Waals surface area contributed by atoms with E-state index in [0.29, 0.717) is 24.6 Å². The summed E-state index contributed by atoms with van der Waals surface area (Å²) in [7, 11) is 0. The van der Waals surface area contributed by atoms with E-state index in [2.05, 4.69) is 10.5 Å². The van der Waals surface area contributed by atoms with Crippen molar-refractivity contribution in [2.75, 3.05) is 6.54 Å². The molecule has 0 aliphatic heterocycles. The monoisotopic (exact) mass is 326 g/mol. The quantitative estimate of drug-likeness (QED) is 0.726. The van der Waals surface area contributed by atoms with Crippen LogP contribution in [0.1, 0.15) is 53.3 Å². The first-order valence-electron chi connectivity index (χ1n) is 8.12. The zero-order valence-corrected chi connectivity index (χ0v) is 13.1. The van der Waals surface area contributed by atoms with E-state index in [0.717, 1.165) is 29.6 Å². The zero-order chi connectivity index (χ0) is 16.5. The normalized spacial score (nSPS) is 15.5. The second-order valence-electron chi connectivity index (χ2n) is 6.14. The van der Waals surface area contributed by atoms with Crippen LogP contribution in [-0.4, -0.2) is 22.7 Å². The lowest BCUT2D eigenvalue weighted by molar-refractivity contribution is 0.0928. The van der Waals surface area contributed by atoms with Crippen LogP contribution in [0.4, 0.5) is 0 Å². The minimum atomic E-state index is -0.767. The molecule has 0 radical (unpaired) electrons. The Morgan fingerprint density at radius 1 is 1.33 bits per heavy atom. The van der Waals surface area contributed by atoms with Crippen molar-refractivity contribution in [3.8, 4) is 0 Å². The summed E-state index contributed by atoms with van der Waals surface area (Å²) < 4.78 is 10.8. The van der Waals surface area contributed by atoms with Gasteiger partial charge in [0.2, 0.25) is 0 Å². The van der Waals surface area contributed by atoms with Crippen LogP contribution in [-0.2, 0) is 0 Å². The summed E-state index contributed by atoms with van der Waals surface area (Å²) in [6.07, 6.45) is 1.79. The third kappa shape index (κ3) is 3.05. The number of amides is 1. The Morgan fingerprint density at radius 3 is 2.96 bits per heavy atom. The maximum absolute atomic E-state index is 12.0. The van der Waals surface area contributed by atoms with Crippen LogP contribution in [0.2, 0.25) is 0 Å². The Labute approximate surface area is 138 Å². The predicted molar refractivity (Wildman–Crippen MR) is 86.6 cm³/mol. The summed E-state index contributed by atoms with van der Waals surface area (Å²) in [5.41, 5.74) is 1.03. The molecular formula is C18H18N2O4. The van der Waals surface area contributed by atoms with Crippen LogP contribution in [0, 0.1) is 0 Å². The molecule has 1 aliphatic carbocycles. The van der Waals surface area contributed by atoms with Gasteiger partial charge in [0.1, 0.15) is 23.2 Å². The Balaban J connectivity index is 1.31. The highest BCUT2D eigenvalue weighted by molar-refractivity contribution is 5.92. The Bertz CT molecular complexity index is 830. The van der Waals surface area contributed by atoms with Crippen LogP contribution in [0.15, 0.2) is 45.3 Å². The Kier molecular flexibility index (Phi) is 3.82. The zero-order valence-electron chi connectivity index (χ0n) is 13.1. The first kappa shape index (κ1) is 15.0. The van der Waals surface area contributed by atoms with Crippen molar-refractivity contribution in [3.63, 3.8) is 0 Å². The molecule has 1 amide bonds. The molecule has 1 fully saturated rings. The first-order chi connectivity index (χ1) is 11.7. The maximum Gasteiger partial charge on any atom is 0.273 e. The van der Waals surface area contributed by atoms with Crippen molar-refractivity contribution < 1.29 is 18.8 Å². The smallest absolute Gasteiger partial charge is 0.273 e. The van der Waals surface area contributed by atoms with Gasteiger partial charge in [0, 0.05) is 23.9 Å². The maximum atomic E-state index is 12.0. The third-order valence-electron chi connectivity index (χ3n) is 4.22. The molecule has 1 aromatic carbocycles. The van der Waals surface area contributed by atoms with Crippen molar-refractivity contribution in [3.05, 3.63) is 53.6 Å². The summed E-state index contributed by atoms with van der Waals surface area (Å²) >= 11 is 0. The van der Waals surface area contributed by atoms with Crippen molar-refractivity contribution in [1.29, 1.82) is 0 Å². The predicted octanol–water partition coefficient (Wildman–Crippen LogP) is 3.15. The van der Waals surface area contributed by atoms with Gasteiger partial charge in [0.05, 0.1) is 0 Å². The fourth-order valence-corrected chi connectivity index (χ4v) is 2.68. The molecule has 124 valence electrons. The number of nitrogens with one attached hydrogen (secondary N) is 1. The number of rotatable bonds is 6. The third-order valence-corrected chi connectivity index (χ3v) is 4.22. The lowest BCUT2D eigenvalue weighted by Gasteiger charge is -2.07. The average Bonchev–Trinajstić information content (AvgIpc) is 3.16. The molecule has 1 aliphatic rings. The van der Waals surface area contributed by atoms with Gasteiger partial charge in [-0.1, -0.05) is 23.4 Å². The van der Waals surface area contributed by atoms with Crippen LogP contribution in [0.25, 0.3) is 11.0 Å². The van der Waals surface area contributed by atoms with Crippen LogP contribution in [0.3, 0.4) is 0 Å². The number of furan rings is 1. The highest BCUT2D eigenvalue weighted by Gasteiger charge is 2.28. The minimum Gasteiger partial charge on any atom is -0.458 e. The van der Waals surface area contributed by atoms with E-state index in [1.165, 1.54) is 0 Å². The molecule has 6 nitrogen and oxygen atoms in total. The fraction of sp³-hybridized carbons (Fsp3) is 0.333. The number of carbonyl (C=O) groups is 1. The number of fused-ring (bicyclic) bond motifs is 1. The van der Waals surface area contributed by atoms with Crippen molar-refractivity contribution in [1.82, 2.24) is 10.5 Å². The number of nitrogens with zero attached hydrogens (tertiary/aromatic N) is 1. The SMILES string of the molecule is O=C(NCC[C@H](O)c1cc2ccccc2o1)c1cc(C2CC2)on1. The molecule has 0 saturated heterocycles. The summed E-state index contributed by atoms with van der Waals surface area (Å²) in [6, 6.07) is 11.1. The van der Waals surface area contributed by atoms with E-state index < -0.39 is 6.10 Å². The van der Waals surface area contributed by atoms with Crippen molar-refractivity contribution in [2.45, 2.75) is 31.3 Å². The number of hydrogen-bond donors (Lipinski definition) is 2. The molecular weight excluding hydrogens is 308 g/mol. The minimum absolute atomic E-state index is 0.287. The van der Waals surface area contributed by atoms with E-state index in [4.69, 9.17) is 8.94 Å². The van der Waals surface area contributed by atoms with Gasteiger partial charge < -0.3 is 19.4 Å². The van der Waals surface area contributed by atoms with E-state index in [-0.39, 0.29) is 11.6 Å². The van der Waals surface area contributed by atoms with Gasteiger partial charge in [-0.05, 0) is 31.4 Å². The van der Waals surface area contributed by atoms with Gasteiger partial charge in [-0.3, -0.25) is 4.79 Å². The summed E-state index contributed by atoms with van der Waals surface area (Å²) in [5, 5.41) is 17.7. The number of aromatic nitrogens is 1. The van der Waals surface area contributed by atoms with Gasteiger partial charge in [-0.25, -0.2) is 0 Å². The molecule has 3 aromatic rings. The molecule has 1 saturated carbocycles. The Morgan fingerprint density at radius 2 is 2.17 bits per heavy atom. The number of para-hydroxylation sites is 1. The summed E-state index contributed by atoms with van der Waals surface area (Å²) in [6.45, 7) is 0.322. The first-order valence-corrected chi connectivity index (χ1v) is 8.12. The number of carbonyl (C=O) groups excluding carboxylic acids is 1. The molecule has 2 aromatic heterocycles. The number of hydrogen-bond acceptors (Lipinski definition) is 5. The highest BCUT2D eigenvalue weighted by atomic mass is 16.5. The number of aliphatic hydroxyl groups excluding tert-OH is 1. The molecule has 4 rings (SSSR count). The van der Waals surface area contributed by atoms with Gasteiger partial charge in [-0.15, -0.1) is 0 Å². The highest BCUT2D eigenvalue weighted by Crippen LogP contribution is 2.40. The van der Waals surface area contributed by atoms with Gasteiger partial charge in [0.25, 0.3) is 5.91 Å². The standard InChI is InChI=1S/C18H18N2O4/c21-14(17-9-12-3-1-2-4-15(12)23-17)7-8-19-18(22)13-10-16(24-20-13)11-5-6-11/h1-4,9-11,14,21H,5-8H2,(H,19,22)/t14-/m0/s1. The lowest BCUT2D eigenvalue weighted by atomic mass is 10.2. The van der Waals surface area contributed by atoms with Crippen LogP contribution >= 0.6 is 0 Å². The molecule has 24 heavy (non-hydrogen) atoms. The van der Waals surface area contributed by atoms with E-state index in [1.54, 1.807) is 6.07 Å². The molecule has 0 spiro atoms. The fourth-order valence-electron chi connectivity index (χ4n) is 2.68. The van der Waals surface area contributed by atoms with E-state index >= 15 is 0 Å². The molecule has 6 heteroatoms. The molecule has 2 heterocycles. The largest absolute Gasteiger partial charge is 0.458 e. The lowest BCUT2D eigenvalue weighted by Crippen LogP contribution is -2.25. The van der Waals surface area contributed by atoms with Crippen LogP contribution in [0.5, 0.6) is 0 Å². The summed E-state index contributed by atoms with van der Waals surface area (Å²) in [4.78, 5) is 12.0. The summed E-state index contributed by atoms with van der Waals surface area (Å²) in [5.74, 6) is 1.42. The average molecular weight is 326 g/mol. The van der Waals surface area contributed by atoms with E-state index in [1.807, 2.05) is 30.3 Å².